The Balaban J connectivity index is 2.61. The first-order chi connectivity index (χ1) is 7.99. The zero-order valence-corrected chi connectivity index (χ0v) is 10.7. The number of hydrogen-bond acceptors (Lipinski definition) is 2. The molecule has 1 atom stereocenters. The van der Waals surface area contributed by atoms with Gasteiger partial charge in [0.25, 0.3) is 0 Å². The van der Waals surface area contributed by atoms with Crippen LogP contribution in [0, 0.1) is 11.2 Å². The summed E-state index contributed by atoms with van der Waals surface area (Å²) in [5, 5.41) is 0. The van der Waals surface area contributed by atoms with Gasteiger partial charge >= 0.3 is 0 Å². The largest absolute Gasteiger partial charge is 0.303 e. The minimum atomic E-state index is -0.317. The van der Waals surface area contributed by atoms with E-state index in [-0.39, 0.29) is 11.2 Å². The van der Waals surface area contributed by atoms with Gasteiger partial charge in [-0.05, 0) is 31.2 Å². The molecule has 2 nitrogen and oxygen atoms in total. The molecule has 0 spiro atoms. The van der Waals surface area contributed by atoms with E-state index in [4.69, 9.17) is 0 Å². The third-order valence-corrected chi connectivity index (χ3v) is 3.06. The Kier molecular flexibility index (Phi) is 4.82. The molecule has 0 heterocycles. The summed E-state index contributed by atoms with van der Waals surface area (Å²) in [7, 11) is 1.95. The van der Waals surface area contributed by atoms with E-state index in [0.29, 0.717) is 13.1 Å². The van der Waals surface area contributed by atoms with Crippen LogP contribution in [0.3, 0.4) is 0 Å². The highest BCUT2D eigenvalue weighted by Gasteiger charge is 2.23. The molecule has 0 aliphatic heterocycles. The van der Waals surface area contributed by atoms with Crippen LogP contribution in [0.4, 0.5) is 4.39 Å². The van der Waals surface area contributed by atoms with Crippen molar-refractivity contribution in [1.29, 1.82) is 0 Å². The van der Waals surface area contributed by atoms with E-state index in [9.17, 15) is 9.18 Å². The molecule has 94 valence electrons. The van der Waals surface area contributed by atoms with Crippen molar-refractivity contribution in [2.45, 2.75) is 26.8 Å². The highest BCUT2D eigenvalue weighted by atomic mass is 19.1. The maximum absolute atomic E-state index is 13.0. The third kappa shape index (κ3) is 4.27. The highest BCUT2D eigenvalue weighted by molar-refractivity contribution is 5.58. The molecular weight excluding hydrogens is 217 g/mol. The van der Waals surface area contributed by atoms with Crippen molar-refractivity contribution in [2.75, 3.05) is 13.6 Å². The smallest absolute Gasteiger partial charge is 0.127 e. The fourth-order valence-electron chi connectivity index (χ4n) is 1.85. The molecule has 17 heavy (non-hydrogen) atoms. The summed E-state index contributed by atoms with van der Waals surface area (Å²) in [5.74, 6) is -0.218. The van der Waals surface area contributed by atoms with Crippen LogP contribution in [-0.2, 0) is 11.3 Å². The third-order valence-electron chi connectivity index (χ3n) is 3.06. The first kappa shape index (κ1) is 13.8. The fraction of sp³-hybridized carbons (Fsp3) is 0.500. The molecule has 0 radical (unpaired) electrons. The molecule has 1 aromatic rings. The minimum Gasteiger partial charge on any atom is -0.303 e. The average molecular weight is 237 g/mol. The molecule has 3 heteroatoms. The number of hydrogen-bond donors (Lipinski definition) is 0. The number of aldehydes is 1. The fourth-order valence-corrected chi connectivity index (χ4v) is 1.85. The molecule has 0 saturated carbocycles. The Morgan fingerprint density at radius 1 is 1.47 bits per heavy atom. The summed E-state index contributed by atoms with van der Waals surface area (Å²) in [6, 6.07) is 6.56. The SMILES string of the molecule is CCC(C)(C=O)CN(C)Cc1cccc(F)c1. The van der Waals surface area contributed by atoms with Crippen LogP contribution in [-0.4, -0.2) is 24.8 Å². The van der Waals surface area contributed by atoms with Gasteiger partial charge in [-0.25, -0.2) is 4.39 Å². The quantitative estimate of drug-likeness (QED) is 0.709. The van der Waals surface area contributed by atoms with Gasteiger partial charge < -0.3 is 9.69 Å². The summed E-state index contributed by atoms with van der Waals surface area (Å²) in [6.45, 7) is 5.29. The molecule has 1 rings (SSSR count). The number of carbonyl (C=O) groups excluding carboxylic acids is 1. The summed E-state index contributed by atoms with van der Waals surface area (Å²) in [4.78, 5) is 13.1. The van der Waals surface area contributed by atoms with E-state index in [0.717, 1.165) is 18.3 Å². The maximum atomic E-state index is 13.0. The van der Waals surface area contributed by atoms with Crippen molar-refractivity contribution in [1.82, 2.24) is 4.90 Å². The Labute approximate surface area is 102 Å². The van der Waals surface area contributed by atoms with Gasteiger partial charge in [-0.2, -0.15) is 0 Å². The van der Waals surface area contributed by atoms with Crippen molar-refractivity contribution in [3.63, 3.8) is 0 Å². The molecule has 0 bridgehead atoms. The summed E-state index contributed by atoms with van der Waals surface area (Å²) >= 11 is 0. The Hall–Kier alpha value is -1.22. The van der Waals surface area contributed by atoms with Gasteiger partial charge in [0, 0.05) is 18.5 Å². The molecule has 0 aliphatic carbocycles. The van der Waals surface area contributed by atoms with Gasteiger partial charge in [0.1, 0.15) is 12.1 Å². The highest BCUT2D eigenvalue weighted by Crippen LogP contribution is 2.19. The van der Waals surface area contributed by atoms with E-state index in [1.165, 1.54) is 12.1 Å². The Morgan fingerprint density at radius 2 is 2.18 bits per heavy atom. The van der Waals surface area contributed by atoms with E-state index in [1.807, 2.05) is 31.9 Å². The van der Waals surface area contributed by atoms with Crippen LogP contribution in [0.2, 0.25) is 0 Å². The topological polar surface area (TPSA) is 20.3 Å². The van der Waals surface area contributed by atoms with Crippen LogP contribution < -0.4 is 0 Å². The number of carbonyl (C=O) groups is 1. The van der Waals surface area contributed by atoms with Crippen LogP contribution >= 0.6 is 0 Å². The zero-order valence-electron chi connectivity index (χ0n) is 10.7. The predicted molar refractivity (Wildman–Crippen MR) is 67.2 cm³/mol. The second-order valence-electron chi connectivity index (χ2n) is 4.93. The van der Waals surface area contributed by atoms with Gasteiger partial charge in [-0.3, -0.25) is 0 Å². The molecule has 0 N–H and O–H groups in total. The van der Waals surface area contributed by atoms with Crippen LogP contribution in [0.25, 0.3) is 0 Å². The second-order valence-corrected chi connectivity index (χ2v) is 4.93. The molecule has 1 aromatic carbocycles. The molecule has 0 aliphatic rings. The lowest BCUT2D eigenvalue weighted by Gasteiger charge is -2.27. The van der Waals surface area contributed by atoms with Crippen molar-refractivity contribution >= 4 is 6.29 Å². The average Bonchev–Trinajstić information content (AvgIpc) is 2.28. The van der Waals surface area contributed by atoms with E-state index in [2.05, 4.69) is 0 Å². The van der Waals surface area contributed by atoms with Crippen LogP contribution in [0.1, 0.15) is 25.8 Å². The van der Waals surface area contributed by atoms with Gasteiger partial charge in [-0.1, -0.05) is 26.0 Å². The standard InChI is InChI=1S/C14H20FNO/c1-4-14(2,11-17)10-16(3)9-12-6-5-7-13(15)8-12/h5-8,11H,4,9-10H2,1-3H3. The first-order valence-corrected chi connectivity index (χ1v) is 5.88. The van der Waals surface area contributed by atoms with Crippen molar-refractivity contribution in [3.8, 4) is 0 Å². The van der Waals surface area contributed by atoms with Crippen LogP contribution in [0.15, 0.2) is 24.3 Å². The molecule has 1 unspecified atom stereocenters. The molecule has 0 aromatic heterocycles. The zero-order chi connectivity index (χ0) is 12.9. The Morgan fingerprint density at radius 3 is 2.71 bits per heavy atom. The summed E-state index contributed by atoms with van der Waals surface area (Å²) in [6.07, 6.45) is 1.82. The lowest BCUT2D eigenvalue weighted by Crippen LogP contribution is -2.33. The normalized spacial score (nSPS) is 14.6. The Bertz CT molecular complexity index is 380. The first-order valence-electron chi connectivity index (χ1n) is 5.88. The van der Waals surface area contributed by atoms with Crippen molar-refractivity contribution < 1.29 is 9.18 Å². The molecule has 0 amide bonds. The van der Waals surface area contributed by atoms with Crippen LogP contribution in [0.5, 0.6) is 0 Å². The van der Waals surface area contributed by atoms with Gasteiger partial charge in [0.15, 0.2) is 0 Å². The molecule has 0 saturated heterocycles. The second kappa shape index (κ2) is 5.92. The van der Waals surface area contributed by atoms with E-state index < -0.39 is 0 Å². The lowest BCUT2D eigenvalue weighted by molar-refractivity contribution is -0.116. The van der Waals surface area contributed by atoms with Crippen molar-refractivity contribution in [3.05, 3.63) is 35.6 Å². The number of benzene rings is 1. The lowest BCUT2D eigenvalue weighted by atomic mass is 9.89. The monoisotopic (exact) mass is 237 g/mol. The summed E-state index contributed by atoms with van der Waals surface area (Å²) < 4.78 is 13.0. The number of rotatable bonds is 6. The minimum absolute atomic E-state index is 0.218. The molecule has 0 fully saturated rings. The number of nitrogens with zero attached hydrogens (tertiary/aromatic N) is 1. The maximum Gasteiger partial charge on any atom is 0.127 e. The summed E-state index contributed by atoms with van der Waals surface area (Å²) in [5.41, 5.74) is 0.610. The van der Waals surface area contributed by atoms with E-state index >= 15 is 0 Å². The van der Waals surface area contributed by atoms with Gasteiger partial charge in [0.2, 0.25) is 0 Å². The van der Waals surface area contributed by atoms with Gasteiger partial charge in [-0.15, -0.1) is 0 Å². The van der Waals surface area contributed by atoms with Crippen molar-refractivity contribution in [2.24, 2.45) is 5.41 Å². The number of halogens is 1. The van der Waals surface area contributed by atoms with E-state index in [1.54, 1.807) is 6.07 Å². The predicted octanol–water partition coefficient (Wildman–Crippen LogP) is 2.87. The van der Waals surface area contributed by atoms with Gasteiger partial charge in [0.05, 0.1) is 0 Å². The molecular formula is C14H20FNO.